The van der Waals surface area contributed by atoms with Crippen LogP contribution in [0.3, 0.4) is 0 Å². The second-order valence-corrected chi connectivity index (χ2v) is 7.31. The molecule has 0 bridgehead atoms. The lowest BCUT2D eigenvalue weighted by Gasteiger charge is -2.27. The molecule has 0 saturated heterocycles. The minimum atomic E-state index is 0.0281. The molecule has 0 aromatic carbocycles. The van der Waals surface area contributed by atoms with Crippen molar-refractivity contribution in [2.75, 3.05) is 6.54 Å². The molecule has 21 heavy (non-hydrogen) atoms. The Morgan fingerprint density at radius 3 is 2.95 bits per heavy atom. The van der Waals surface area contributed by atoms with Crippen LogP contribution in [0.1, 0.15) is 41.9 Å². The summed E-state index contributed by atoms with van der Waals surface area (Å²) in [5.41, 5.74) is 1.79. The maximum Gasteiger partial charge on any atom is 0.254 e. The number of hydrogen-bond donors (Lipinski definition) is 1. The molecule has 0 amide bonds. The van der Waals surface area contributed by atoms with E-state index in [1.165, 1.54) is 0 Å². The standard InChI is InChI=1S/C14H17BrN4OS/c1-8(2)13-16-10-5-19(4-3-9(10)14(20)18-13)6-12-17-11(15)7-21-12/h7-8H,3-6H2,1-2H3,(H,16,18,20). The minimum absolute atomic E-state index is 0.0281. The summed E-state index contributed by atoms with van der Waals surface area (Å²) in [4.78, 5) is 26.4. The lowest BCUT2D eigenvalue weighted by molar-refractivity contribution is 0.239. The first-order chi connectivity index (χ1) is 10.0. The Kier molecular flexibility index (Phi) is 4.24. The van der Waals surface area contributed by atoms with E-state index in [1.807, 2.05) is 19.2 Å². The first-order valence-electron chi connectivity index (χ1n) is 6.97. The monoisotopic (exact) mass is 368 g/mol. The molecule has 5 nitrogen and oxygen atoms in total. The molecule has 1 N–H and O–H groups in total. The van der Waals surface area contributed by atoms with E-state index >= 15 is 0 Å². The molecule has 0 saturated carbocycles. The smallest absolute Gasteiger partial charge is 0.254 e. The summed E-state index contributed by atoms with van der Waals surface area (Å²) in [5, 5.41) is 3.08. The average Bonchev–Trinajstić information content (AvgIpc) is 2.83. The summed E-state index contributed by atoms with van der Waals surface area (Å²) in [5.74, 6) is 1.01. The Labute approximate surface area is 135 Å². The van der Waals surface area contributed by atoms with Gasteiger partial charge in [0, 0.05) is 30.0 Å². The SMILES string of the molecule is CC(C)c1nc2c(c(=O)[nH]1)CCN(Cc1nc(Br)cs1)C2. The number of rotatable bonds is 3. The van der Waals surface area contributed by atoms with Crippen LogP contribution in [0.2, 0.25) is 0 Å². The normalized spacial score (nSPS) is 15.4. The highest BCUT2D eigenvalue weighted by Gasteiger charge is 2.22. The molecule has 0 spiro atoms. The van der Waals surface area contributed by atoms with Crippen molar-refractivity contribution in [3.8, 4) is 0 Å². The van der Waals surface area contributed by atoms with Crippen molar-refractivity contribution in [2.24, 2.45) is 0 Å². The van der Waals surface area contributed by atoms with Gasteiger partial charge < -0.3 is 4.98 Å². The molecule has 1 aliphatic heterocycles. The molecule has 0 fully saturated rings. The summed E-state index contributed by atoms with van der Waals surface area (Å²) >= 11 is 5.03. The van der Waals surface area contributed by atoms with E-state index in [9.17, 15) is 4.79 Å². The first-order valence-corrected chi connectivity index (χ1v) is 8.64. The molecule has 2 aromatic heterocycles. The summed E-state index contributed by atoms with van der Waals surface area (Å²) in [6.07, 6.45) is 0.753. The lowest BCUT2D eigenvalue weighted by Crippen LogP contribution is -2.35. The quantitative estimate of drug-likeness (QED) is 0.904. The number of thiazole rings is 1. The zero-order valence-electron chi connectivity index (χ0n) is 12.0. The Morgan fingerprint density at radius 2 is 2.29 bits per heavy atom. The van der Waals surface area contributed by atoms with Crippen molar-refractivity contribution in [3.63, 3.8) is 0 Å². The summed E-state index contributed by atoms with van der Waals surface area (Å²) in [6.45, 7) is 6.48. The predicted molar refractivity (Wildman–Crippen MR) is 86.6 cm³/mol. The maximum absolute atomic E-state index is 12.1. The van der Waals surface area contributed by atoms with E-state index in [-0.39, 0.29) is 11.5 Å². The van der Waals surface area contributed by atoms with Gasteiger partial charge in [-0.15, -0.1) is 11.3 Å². The minimum Gasteiger partial charge on any atom is -0.310 e. The number of nitrogens with zero attached hydrogens (tertiary/aromatic N) is 3. The van der Waals surface area contributed by atoms with Crippen LogP contribution in [0, 0.1) is 0 Å². The van der Waals surface area contributed by atoms with Crippen molar-refractivity contribution in [3.05, 3.63) is 42.4 Å². The fourth-order valence-corrected chi connectivity index (χ4v) is 3.78. The maximum atomic E-state index is 12.1. The van der Waals surface area contributed by atoms with Crippen LogP contribution in [-0.2, 0) is 19.5 Å². The second kappa shape index (κ2) is 5.98. The number of nitrogens with one attached hydrogen (secondary N) is 1. The van der Waals surface area contributed by atoms with Crippen LogP contribution in [0.15, 0.2) is 14.8 Å². The highest BCUT2D eigenvalue weighted by atomic mass is 79.9. The molecule has 0 radical (unpaired) electrons. The Morgan fingerprint density at radius 1 is 1.48 bits per heavy atom. The van der Waals surface area contributed by atoms with Crippen LogP contribution in [0.5, 0.6) is 0 Å². The van der Waals surface area contributed by atoms with Gasteiger partial charge in [0.2, 0.25) is 0 Å². The third kappa shape index (κ3) is 3.25. The highest BCUT2D eigenvalue weighted by molar-refractivity contribution is 9.10. The van der Waals surface area contributed by atoms with Crippen molar-refractivity contribution in [2.45, 2.75) is 39.3 Å². The highest BCUT2D eigenvalue weighted by Crippen LogP contribution is 2.21. The van der Waals surface area contributed by atoms with Gasteiger partial charge in [-0.1, -0.05) is 13.8 Å². The first kappa shape index (κ1) is 14.9. The van der Waals surface area contributed by atoms with Gasteiger partial charge in [0.05, 0.1) is 12.2 Å². The second-order valence-electron chi connectivity index (χ2n) is 5.56. The topological polar surface area (TPSA) is 61.9 Å². The molecular formula is C14H17BrN4OS. The summed E-state index contributed by atoms with van der Waals surface area (Å²) in [6, 6.07) is 0. The summed E-state index contributed by atoms with van der Waals surface area (Å²) < 4.78 is 0.886. The van der Waals surface area contributed by atoms with E-state index in [0.29, 0.717) is 0 Å². The van der Waals surface area contributed by atoms with E-state index in [2.05, 4.69) is 35.8 Å². The largest absolute Gasteiger partial charge is 0.310 e. The van der Waals surface area contributed by atoms with Gasteiger partial charge in [0.25, 0.3) is 5.56 Å². The van der Waals surface area contributed by atoms with Gasteiger partial charge in [-0.3, -0.25) is 9.69 Å². The van der Waals surface area contributed by atoms with Gasteiger partial charge in [-0.25, -0.2) is 9.97 Å². The van der Waals surface area contributed by atoms with E-state index in [1.54, 1.807) is 11.3 Å². The Bertz CT molecular complexity index is 709. The molecular weight excluding hydrogens is 352 g/mol. The van der Waals surface area contributed by atoms with Gasteiger partial charge in [0.15, 0.2) is 0 Å². The summed E-state index contributed by atoms with van der Waals surface area (Å²) in [7, 11) is 0. The Hall–Kier alpha value is -1.05. The van der Waals surface area contributed by atoms with Gasteiger partial charge in [-0.2, -0.15) is 0 Å². The van der Waals surface area contributed by atoms with Crippen LogP contribution < -0.4 is 5.56 Å². The van der Waals surface area contributed by atoms with Crippen LogP contribution in [-0.4, -0.2) is 26.4 Å². The Balaban J connectivity index is 1.82. The predicted octanol–water partition coefficient (Wildman–Crippen LogP) is 2.67. The molecule has 3 heterocycles. The molecule has 112 valence electrons. The van der Waals surface area contributed by atoms with Crippen LogP contribution in [0.4, 0.5) is 0 Å². The number of aromatic nitrogens is 3. The lowest BCUT2D eigenvalue weighted by atomic mass is 10.1. The fourth-order valence-electron chi connectivity index (χ4n) is 2.47. The zero-order valence-corrected chi connectivity index (χ0v) is 14.4. The average molecular weight is 369 g/mol. The number of hydrogen-bond acceptors (Lipinski definition) is 5. The van der Waals surface area contributed by atoms with Gasteiger partial charge in [-0.05, 0) is 22.4 Å². The van der Waals surface area contributed by atoms with E-state index in [4.69, 9.17) is 0 Å². The molecule has 3 rings (SSSR count). The fraction of sp³-hybridized carbons (Fsp3) is 0.500. The molecule has 0 atom stereocenters. The van der Waals surface area contributed by atoms with E-state index < -0.39 is 0 Å². The number of aromatic amines is 1. The number of H-pyrrole nitrogens is 1. The molecule has 0 unspecified atom stereocenters. The molecule has 1 aliphatic rings. The van der Waals surface area contributed by atoms with Crippen molar-refractivity contribution < 1.29 is 0 Å². The number of halogens is 1. The number of fused-ring (bicyclic) bond motifs is 1. The van der Waals surface area contributed by atoms with Crippen LogP contribution in [0.25, 0.3) is 0 Å². The third-order valence-electron chi connectivity index (χ3n) is 3.60. The van der Waals surface area contributed by atoms with E-state index in [0.717, 1.165) is 52.7 Å². The van der Waals surface area contributed by atoms with Gasteiger partial charge in [0.1, 0.15) is 15.4 Å². The molecule has 7 heteroatoms. The van der Waals surface area contributed by atoms with Crippen molar-refractivity contribution in [1.82, 2.24) is 19.9 Å². The zero-order chi connectivity index (χ0) is 15.0. The van der Waals surface area contributed by atoms with Crippen molar-refractivity contribution >= 4 is 27.3 Å². The van der Waals surface area contributed by atoms with Crippen molar-refractivity contribution in [1.29, 1.82) is 0 Å². The van der Waals surface area contributed by atoms with Gasteiger partial charge >= 0.3 is 0 Å². The third-order valence-corrected chi connectivity index (χ3v) is 5.14. The molecule has 0 aliphatic carbocycles. The molecule has 2 aromatic rings. The van der Waals surface area contributed by atoms with Crippen LogP contribution >= 0.6 is 27.3 Å².